The van der Waals surface area contributed by atoms with E-state index >= 15 is 0 Å². The Balaban J connectivity index is 0.00000225. The molecule has 0 radical (unpaired) electrons. The van der Waals surface area contributed by atoms with Crippen LogP contribution in [-0.2, 0) is 19.6 Å². The molecule has 0 bridgehead atoms. The van der Waals surface area contributed by atoms with Gasteiger partial charge in [0.1, 0.15) is 0 Å². The summed E-state index contributed by atoms with van der Waals surface area (Å²) in [4.78, 5) is 0. The molecule has 1 aliphatic rings. The van der Waals surface area contributed by atoms with Crippen molar-refractivity contribution in [2.45, 2.75) is 38.9 Å². The molecule has 1 aliphatic heterocycles. The Hall–Kier alpha value is -1.78. The fraction of sp³-hybridized carbons (Fsp3) is 0.600. The second-order valence-corrected chi connectivity index (χ2v) is 5.85. The van der Waals surface area contributed by atoms with Crippen molar-refractivity contribution >= 4 is 17.5 Å². The fourth-order valence-corrected chi connectivity index (χ4v) is 2.78. The van der Waals surface area contributed by atoms with E-state index in [1.165, 1.54) is 0 Å². The summed E-state index contributed by atoms with van der Waals surface area (Å²) in [5.41, 5.74) is 12.0. The third kappa shape index (κ3) is 4.65. The molecule has 0 unspecified atom stereocenters. The van der Waals surface area contributed by atoms with E-state index in [0.29, 0.717) is 13.1 Å². The molecule has 2 aromatic rings. The van der Waals surface area contributed by atoms with Gasteiger partial charge in [0.2, 0.25) is 0 Å². The van der Waals surface area contributed by atoms with Crippen LogP contribution in [0.2, 0.25) is 0 Å². The van der Waals surface area contributed by atoms with Crippen LogP contribution in [0.15, 0.2) is 28.8 Å². The molecular weight excluding hydrogens is 386 g/mol. The number of nitrogens with zero attached hydrogens (tertiary/aromatic N) is 6. The van der Waals surface area contributed by atoms with Crippen LogP contribution < -0.4 is 38.3 Å². The van der Waals surface area contributed by atoms with Gasteiger partial charge in [-0.2, -0.15) is 5.10 Å². The molecule has 3 heterocycles. The quantitative estimate of drug-likeness (QED) is 0.341. The molecule has 10 heteroatoms. The van der Waals surface area contributed by atoms with E-state index in [1.54, 1.807) is 6.20 Å². The van der Waals surface area contributed by atoms with E-state index in [-0.39, 0.29) is 17.0 Å². The average Bonchev–Trinajstić information content (AvgIpc) is 3.20. The van der Waals surface area contributed by atoms with E-state index in [9.17, 15) is 0 Å². The normalized spacial score (nSPS) is 13.5. The van der Waals surface area contributed by atoms with Gasteiger partial charge in [-0.05, 0) is 32.4 Å². The Morgan fingerprint density at radius 1 is 1.24 bits per heavy atom. The van der Waals surface area contributed by atoms with Crippen molar-refractivity contribution in [3.63, 3.8) is 0 Å². The number of anilines is 1. The maximum Gasteiger partial charge on any atom is 0.421 e. The van der Waals surface area contributed by atoms with E-state index in [4.69, 9.17) is 11.5 Å². The number of aromatic nitrogens is 4. The highest BCUT2D eigenvalue weighted by molar-refractivity contribution is 5.60. The first-order valence-corrected chi connectivity index (χ1v) is 8.53. The molecule has 0 amide bonds. The molecule has 9 nitrogen and oxygen atoms in total. The smallest absolute Gasteiger partial charge is 0.421 e. The minimum Gasteiger partial charge on any atom is -1.00 e. The summed E-state index contributed by atoms with van der Waals surface area (Å²) in [6.45, 7) is 4.81. The summed E-state index contributed by atoms with van der Waals surface area (Å²) in [7, 11) is 0. The van der Waals surface area contributed by atoms with Crippen LogP contribution in [0.5, 0.6) is 0 Å². The number of rotatable bonds is 8. The number of halogens is 1. The second-order valence-electron chi connectivity index (χ2n) is 5.85. The number of nitrogens with one attached hydrogen (secondary N) is 1. The van der Waals surface area contributed by atoms with E-state index in [1.807, 2.05) is 17.1 Å². The molecule has 0 spiro atoms. The number of imidazole rings is 1. The first kappa shape index (κ1) is 19.5. The largest absolute Gasteiger partial charge is 1.00 e. The SMILES string of the molecule is NCCCn1cc[n+](CCCN)c1/N=N/c1cnn2c1NCCC2.[Br-]. The third-order valence-electron chi connectivity index (χ3n) is 4.05. The van der Waals surface area contributed by atoms with Crippen molar-refractivity contribution in [3.05, 3.63) is 18.6 Å². The number of fused-ring (bicyclic) bond motifs is 1. The van der Waals surface area contributed by atoms with Crippen LogP contribution >= 0.6 is 0 Å². The number of azo groups is 1. The lowest BCUT2D eigenvalue weighted by Gasteiger charge is -2.15. The van der Waals surface area contributed by atoms with Crippen LogP contribution in [0.4, 0.5) is 17.5 Å². The molecule has 138 valence electrons. The van der Waals surface area contributed by atoms with Crippen molar-refractivity contribution in [3.8, 4) is 0 Å². The van der Waals surface area contributed by atoms with Gasteiger partial charge in [-0.15, -0.1) is 0 Å². The van der Waals surface area contributed by atoms with Crippen molar-refractivity contribution in [2.75, 3.05) is 25.0 Å². The molecule has 2 aromatic heterocycles. The first-order valence-electron chi connectivity index (χ1n) is 8.53. The second kappa shape index (κ2) is 9.64. The number of hydrogen-bond acceptors (Lipinski definition) is 6. The zero-order valence-corrected chi connectivity index (χ0v) is 15.9. The predicted molar refractivity (Wildman–Crippen MR) is 91.5 cm³/mol. The molecule has 25 heavy (non-hydrogen) atoms. The molecule has 0 fully saturated rings. The Morgan fingerprint density at radius 2 is 2.08 bits per heavy atom. The van der Waals surface area contributed by atoms with Crippen molar-refractivity contribution in [1.82, 2.24) is 14.3 Å². The number of hydrogen-bond donors (Lipinski definition) is 3. The predicted octanol–water partition coefficient (Wildman–Crippen LogP) is -2.10. The van der Waals surface area contributed by atoms with Gasteiger partial charge in [-0.1, -0.05) is 5.11 Å². The Bertz CT molecular complexity index is 666. The molecule has 0 aliphatic carbocycles. The average molecular weight is 412 g/mol. The van der Waals surface area contributed by atoms with Gasteiger partial charge < -0.3 is 33.8 Å². The highest BCUT2D eigenvalue weighted by Crippen LogP contribution is 2.28. The molecular formula is C15H26BrN9. The van der Waals surface area contributed by atoms with Gasteiger partial charge in [0, 0.05) is 18.2 Å². The summed E-state index contributed by atoms with van der Waals surface area (Å²) < 4.78 is 6.10. The maximum atomic E-state index is 5.63. The van der Waals surface area contributed by atoms with Gasteiger partial charge >= 0.3 is 5.95 Å². The lowest BCUT2D eigenvalue weighted by molar-refractivity contribution is -0.683. The lowest BCUT2D eigenvalue weighted by atomic mass is 10.3. The molecule has 5 N–H and O–H groups in total. The summed E-state index contributed by atoms with van der Waals surface area (Å²) in [6, 6.07) is 0. The minimum absolute atomic E-state index is 0. The highest BCUT2D eigenvalue weighted by Gasteiger charge is 2.19. The van der Waals surface area contributed by atoms with E-state index in [0.717, 1.165) is 62.9 Å². The molecule has 3 rings (SSSR count). The standard InChI is InChI=1S/C15H25N9.BrH/c16-4-1-7-22-10-11-23(8-2-5-17)15(22)21-20-13-12-19-24-9-3-6-18-14(13)24;/h10-12H,1-9,16-17H2;1H. The zero-order chi connectivity index (χ0) is 16.8. The minimum atomic E-state index is 0. The summed E-state index contributed by atoms with van der Waals surface area (Å²) in [6.07, 6.45) is 8.68. The van der Waals surface area contributed by atoms with Gasteiger partial charge in [-0.25, -0.2) is 13.8 Å². The maximum absolute atomic E-state index is 5.63. The van der Waals surface area contributed by atoms with Crippen molar-refractivity contribution in [2.24, 2.45) is 21.7 Å². The summed E-state index contributed by atoms with van der Waals surface area (Å²) in [5.74, 6) is 1.76. The Kier molecular flexibility index (Phi) is 7.53. The monoisotopic (exact) mass is 411 g/mol. The Morgan fingerprint density at radius 3 is 2.88 bits per heavy atom. The van der Waals surface area contributed by atoms with Crippen LogP contribution in [0.3, 0.4) is 0 Å². The lowest BCUT2D eigenvalue weighted by Crippen LogP contribution is -3.00. The molecule has 0 saturated heterocycles. The van der Waals surface area contributed by atoms with Gasteiger partial charge in [0.15, 0.2) is 11.5 Å². The third-order valence-corrected chi connectivity index (χ3v) is 4.05. The van der Waals surface area contributed by atoms with Crippen molar-refractivity contribution in [1.29, 1.82) is 0 Å². The summed E-state index contributed by atoms with van der Waals surface area (Å²) in [5, 5.41) is 16.6. The van der Waals surface area contributed by atoms with Gasteiger partial charge in [0.05, 0.1) is 31.7 Å². The number of nitrogens with two attached hydrogens (primary N) is 2. The van der Waals surface area contributed by atoms with Crippen LogP contribution in [0.25, 0.3) is 0 Å². The van der Waals surface area contributed by atoms with Crippen molar-refractivity contribution < 1.29 is 21.5 Å². The van der Waals surface area contributed by atoms with Gasteiger partial charge in [0.25, 0.3) is 0 Å². The number of aryl methyl sites for hydroxylation is 3. The first-order chi connectivity index (χ1) is 11.8. The van der Waals surface area contributed by atoms with E-state index in [2.05, 4.69) is 29.8 Å². The van der Waals surface area contributed by atoms with Crippen LogP contribution in [0, 0.1) is 0 Å². The van der Waals surface area contributed by atoms with E-state index < -0.39 is 0 Å². The van der Waals surface area contributed by atoms with Crippen LogP contribution in [0.1, 0.15) is 19.3 Å². The molecule has 0 aromatic carbocycles. The Labute approximate surface area is 157 Å². The van der Waals surface area contributed by atoms with Crippen LogP contribution in [-0.4, -0.2) is 34.0 Å². The molecule has 0 saturated carbocycles. The molecule has 0 atom stereocenters. The van der Waals surface area contributed by atoms with Gasteiger partial charge in [-0.3, -0.25) is 0 Å². The summed E-state index contributed by atoms with van der Waals surface area (Å²) >= 11 is 0. The highest BCUT2D eigenvalue weighted by atomic mass is 79.9. The topological polar surface area (TPSA) is 115 Å². The fourth-order valence-electron chi connectivity index (χ4n) is 2.78. The zero-order valence-electron chi connectivity index (χ0n) is 14.3.